The van der Waals surface area contributed by atoms with Gasteiger partial charge in [-0.25, -0.2) is 4.98 Å². The summed E-state index contributed by atoms with van der Waals surface area (Å²) in [6.07, 6.45) is 10.0. The minimum Gasteiger partial charge on any atom is -0.357 e. The molecule has 2 N–H and O–H groups in total. The number of imidazole rings is 1. The number of hydrogen-bond acceptors (Lipinski definition) is 3. The molecule has 24 heavy (non-hydrogen) atoms. The van der Waals surface area contributed by atoms with Crippen molar-refractivity contribution in [2.75, 3.05) is 18.8 Å². The van der Waals surface area contributed by atoms with Crippen LogP contribution in [0.5, 0.6) is 0 Å². The Morgan fingerprint density at radius 3 is 2.96 bits per heavy atom. The normalized spacial score (nSPS) is 21.2. The number of nitrogens with one attached hydrogen (secondary N) is 2. The van der Waals surface area contributed by atoms with Gasteiger partial charge in [0.2, 0.25) is 0 Å². The summed E-state index contributed by atoms with van der Waals surface area (Å²) in [6, 6.07) is 0.584. The van der Waals surface area contributed by atoms with E-state index >= 15 is 0 Å². The Balaban J connectivity index is 1.69. The Kier molecular flexibility index (Phi) is 8.50. The maximum absolute atomic E-state index is 4.75. The minimum atomic E-state index is 0.584. The van der Waals surface area contributed by atoms with Crippen LogP contribution < -0.4 is 10.6 Å². The van der Waals surface area contributed by atoms with Crippen LogP contribution >= 0.6 is 11.8 Å². The molecule has 6 heteroatoms. The monoisotopic (exact) mass is 351 g/mol. The fraction of sp³-hybridized carbons (Fsp3) is 0.778. The highest BCUT2D eigenvalue weighted by Crippen LogP contribution is 2.29. The molecule has 5 nitrogen and oxygen atoms in total. The summed E-state index contributed by atoms with van der Waals surface area (Å²) < 4.78 is 2.21. The highest BCUT2D eigenvalue weighted by Gasteiger charge is 2.24. The number of aliphatic imine (C=N–C) groups is 1. The average molecular weight is 352 g/mol. The largest absolute Gasteiger partial charge is 0.357 e. The molecular formula is C18H33N5S. The lowest BCUT2D eigenvalue weighted by atomic mass is 10.2. The number of guanidine groups is 1. The molecule has 2 atom stereocenters. The van der Waals surface area contributed by atoms with Gasteiger partial charge in [0.25, 0.3) is 0 Å². The second kappa shape index (κ2) is 10.6. The summed E-state index contributed by atoms with van der Waals surface area (Å²) in [7, 11) is 0. The highest BCUT2D eigenvalue weighted by atomic mass is 32.2. The molecule has 2 unspecified atom stereocenters. The van der Waals surface area contributed by atoms with Gasteiger partial charge in [0.05, 0.1) is 0 Å². The van der Waals surface area contributed by atoms with E-state index in [1.54, 1.807) is 0 Å². The molecule has 0 bridgehead atoms. The molecule has 1 fully saturated rings. The Bertz CT molecular complexity index is 499. The summed E-state index contributed by atoms with van der Waals surface area (Å²) in [4.78, 5) is 9.01. The Morgan fingerprint density at radius 1 is 1.38 bits per heavy atom. The van der Waals surface area contributed by atoms with Crippen LogP contribution in [0.15, 0.2) is 17.4 Å². The minimum absolute atomic E-state index is 0.584. The van der Waals surface area contributed by atoms with Crippen LogP contribution in [-0.4, -0.2) is 45.6 Å². The first kappa shape index (κ1) is 19.2. The molecule has 1 aromatic heterocycles. The predicted molar refractivity (Wildman–Crippen MR) is 105 cm³/mol. The zero-order valence-corrected chi connectivity index (χ0v) is 16.2. The zero-order chi connectivity index (χ0) is 17.2. The van der Waals surface area contributed by atoms with Gasteiger partial charge in [-0.05, 0) is 51.7 Å². The van der Waals surface area contributed by atoms with E-state index in [0.717, 1.165) is 49.5 Å². The van der Waals surface area contributed by atoms with Gasteiger partial charge < -0.3 is 15.2 Å². The molecule has 0 saturated heterocycles. The van der Waals surface area contributed by atoms with Crippen molar-refractivity contribution < 1.29 is 0 Å². The number of unbranched alkanes of at least 4 members (excludes halogenated alkanes) is 1. The predicted octanol–water partition coefficient (Wildman–Crippen LogP) is 3.20. The Hall–Kier alpha value is -1.17. The third kappa shape index (κ3) is 6.38. The Labute approximate surface area is 151 Å². The van der Waals surface area contributed by atoms with Gasteiger partial charge in [-0.15, -0.1) is 0 Å². The zero-order valence-electron chi connectivity index (χ0n) is 15.4. The van der Waals surface area contributed by atoms with Gasteiger partial charge in [0, 0.05) is 43.3 Å². The van der Waals surface area contributed by atoms with Gasteiger partial charge in [-0.2, -0.15) is 11.8 Å². The van der Waals surface area contributed by atoms with Crippen LogP contribution in [0.1, 0.15) is 51.8 Å². The molecule has 0 aliphatic heterocycles. The molecule has 0 amide bonds. The lowest BCUT2D eigenvalue weighted by molar-refractivity contribution is 0.593. The van der Waals surface area contributed by atoms with E-state index in [4.69, 9.17) is 4.99 Å². The van der Waals surface area contributed by atoms with Crippen molar-refractivity contribution in [2.24, 2.45) is 4.99 Å². The number of rotatable bonds is 9. The summed E-state index contributed by atoms with van der Waals surface area (Å²) in [6.45, 7) is 9.26. The van der Waals surface area contributed by atoms with Gasteiger partial charge in [-0.3, -0.25) is 4.99 Å². The van der Waals surface area contributed by atoms with Crippen molar-refractivity contribution in [3.05, 3.63) is 18.2 Å². The number of thioether (sulfide) groups is 1. The van der Waals surface area contributed by atoms with E-state index < -0.39 is 0 Å². The summed E-state index contributed by atoms with van der Waals surface area (Å²) in [5.74, 6) is 3.31. The van der Waals surface area contributed by atoms with Crippen molar-refractivity contribution in [1.82, 2.24) is 20.2 Å². The number of nitrogens with zero attached hydrogens (tertiary/aromatic N) is 3. The Morgan fingerprint density at radius 2 is 2.25 bits per heavy atom. The molecule has 1 aromatic rings. The number of hydrogen-bond donors (Lipinski definition) is 2. The third-order valence-corrected chi connectivity index (χ3v) is 5.71. The topological polar surface area (TPSA) is 54.2 Å². The molecule has 0 radical (unpaired) electrons. The lowest BCUT2D eigenvalue weighted by Crippen LogP contribution is -2.42. The molecule has 1 aliphatic rings. The fourth-order valence-electron chi connectivity index (χ4n) is 3.20. The van der Waals surface area contributed by atoms with Crippen LogP contribution in [0.3, 0.4) is 0 Å². The third-order valence-electron chi connectivity index (χ3n) is 4.47. The lowest BCUT2D eigenvalue weighted by Gasteiger charge is -2.17. The molecule has 1 aliphatic carbocycles. The first-order valence-corrected chi connectivity index (χ1v) is 10.4. The number of aryl methyl sites for hydroxylation is 2. The quantitative estimate of drug-likeness (QED) is 0.407. The van der Waals surface area contributed by atoms with Crippen LogP contribution in [0.2, 0.25) is 0 Å². The first-order chi connectivity index (χ1) is 11.7. The van der Waals surface area contributed by atoms with E-state index in [0.29, 0.717) is 6.04 Å². The molecule has 1 heterocycles. The molecule has 1 saturated carbocycles. The van der Waals surface area contributed by atoms with Crippen molar-refractivity contribution in [2.45, 2.75) is 70.7 Å². The highest BCUT2D eigenvalue weighted by molar-refractivity contribution is 7.99. The second-order valence-electron chi connectivity index (χ2n) is 6.37. The SMILES string of the molecule is CCNC(=NCCCCn1ccnc1C)NC1CCC(SCC)C1. The fourth-order valence-corrected chi connectivity index (χ4v) is 4.34. The van der Waals surface area contributed by atoms with Crippen LogP contribution in [-0.2, 0) is 6.54 Å². The molecule has 2 rings (SSSR count). The average Bonchev–Trinajstić information content (AvgIpc) is 3.17. The molecule has 0 aromatic carbocycles. The maximum Gasteiger partial charge on any atom is 0.191 e. The van der Waals surface area contributed by atoms with Gasteiger partial charge >= 0.3 is 0 Å². The maximum atomic E-state index is 4.75. The van der Waals surface area contributed by atoms with Crippen LogP contribution in [0, 0.1) is 6.92 Å². The summed E-state index contributed by atoms with van der Waals surface area (Å²) in [5, 5.41) is 7.84. The van der Waals surface area contributed by atoms with Crippen molar-refractivity contribution in [3.63, 3.8) is 0 Å². The van der Waals surface area contributed by atoms with Crippen LogP contribution in [0.4, 0.5) is 0 Å². The van der Waals surface area contributed by atoms with Gasteiger partial charge in [0.1, 0.15) is 5.82 Å². The van der Waals surface area contributed by atoms with E-state index in [9.17, 15) is 0 Å². The summed E-state index contributed by atoms with van der Waals surface area (Å²) >= 11 is 2.10. The van der Waals surface area contributed by atoms with E-state index in [1.807, 2.05) is 6.20 Å². The molecular weight excluding hydrogens is 318 g/mol. The van der Waals surface area contributed by atoms with E-state index in [-0.39, 0.29) is 0 Å². The number of aromatic nitrogens is 2. The summed E-state index contributed by atoms with van der Waals surface area (Å²) in [5.41, 5.74) is 0. The van der Waals surface area contributed by atoms with Crippen LogP contribution in [0.25, 0.3) is 0 Å². The van der Waals surface area contributed by atoms with Crippen molar-refractivity contribution >= 4 is 17.7 Å². The standard InChI is InChI=1S/C18H33N5S/c1-4-19-18(22-16-8-9-17(14-16)24-5-2)21-10-6-7-12-23-13-11-20-15(23)3/h11,13,16-17H,4-10,12,14H2,1-3H3,(H2,19,21,22). The van der Waals surface area contributed by atoms with Gasteiger partial charge in [0.15, 0.2) is 5.96 Å². The molecule has 136 valence electrons. The second-order valence-corrected chi connectivity index (χ2v) is 7.94. The van der Waals surface area contributed by atoms with E-state index in [1.165, 1.54) is 25.0 Å². The van der Waals surface area contributed by atoms with Crippen molar-refractivity contribution in [3.8, 4) is 0 Å². The smallest absolute Gasteiger partial charge is 0.191 e. The first-order valence-electron chi connectivity index (χ1n) is 9.37. The van der Waals surface area contributed by atoms with Gasteiger partial charge in [-0.1, -0.05) is 6.92 Å². The molecule has 0 spiro atoms. The van der Waals surface area contributed by atoms with E-state index in [2.05, 4.69) is 58.9 Å². The van der Waals surface area contributed by atoms with Crippen molar-refractivity contribution in [1.29, 1.82) is 0 Å².